The first-order chi connectivity index (χ1) is 12.3. The quantitative estimate of drug-likeness (QED) is 0.746. The van der Waals surface area contributed by atoms with E-state index in [0.29, 0.717) is 16.9 Å². The SMILES string of the molecule is O=C(Nc1cc(CC2CCCCC2)[nH]n1)c1cccc2cccnc12. The summed E-state index contributed by atoms with van der Waals surface area (Å²) < 4.78 is 0. The number of fused-ring (bicyclic) bond motifs is 1. The van der Waals surface area contributed by atoms with Crippen molar-refractivity contribution in [3.05, 3.63) is 53.9 Å². The number of hydrogen-bond donors (Lipinski definition) is 2. The number of carbonyl (C=O) groups is 1. The van der Waals surface area contributed by atoms with Crippen LogP contribution in [0, 0.1) is 5.92 Å². The highest BCUT2D eigenvalue weighted by molar-refractivity contribution is 6.11. The molecule has 1 aromatic carbocycles. The molecule has 1 amide bonds. The summed E-state index contributed by atoms with van der Waals surface area (Å²) in [6.45, 7) is 0. The number of amides is 1. The fourth-order valence-electron chi connectivity index (χ4n) is 3.70. The van der Waals surface area contributed by atoms with Gasteiger partial charge in [-0.15, -0.1) is 0 Å². The molecule has 0 saturated heterocycles. The fourth-order valence-corrected chi connectivity index (χ4v) is 3.70. The maximum atomic E-state index is 12.6. The van der Waals surface area contributed by atoms with Gasteiger partial charge in [-0.1, -0.05) is 50.3 Å². The lowest BCUT2D eigenvalue weighted by Crippen LogP contribution is -2.13. The van der Waals surface area contributed by atoms with Gasteiger partial charge in [-0.3, -0.25) is 14.9 Å². The Labute approximate surface area is 146 Å². The average molecular weight is 334 g/mol. The molecule has 25 heavy (non-hydrogen) atoms. The largest absolute Gasteiger partial charge is 0.305 e. The highest BCUT2D eigenvalue weighted by Gasteiger charge is 2.16. The second kappa shape index (κ2) is 7.05. The van der Waals surface area contributed by atoms with E-state index in [1.165, 1.54) is 32.1 Å². The van der Waals surface area contributed by atoms with E-state index in [-0.39, 0.29) is 5.91 Å². The number of para-hydroxylation sites is 1. The third-order valence-electron chi connectivity index (χ3n) is 4.98. The number of nitrogens with zero attached hydrogens (tertiary/aromatic N) is 2. The lowest BCUT2D eigenvalue weighted by atomic mass is 9.86. The van der Waals surface area contributed by atoms with Crippen LogP contribution in [0.5, 0.6) is 0 Å². The lowest BCUT2D eigenvalue weighted by Gasteiger charge is -2.20. The number of nitrogens with one attached hydrogen (secondary N) is 2. The molecule has 4 rings (SSSR count). The van der Waals surface area contributed by atoms with Gasteiger partial charge in [0.05, 0.1) is 11.1 Å². The summed E-state index contributed by atoms with van der Waals surface area (Å²) >= 11 is 0. The third-order valence-corrected chi connectivity index (χ3v) is 4.98. The first kappa shape index (κ1) is 15.8. The predicted molar refractivity (Wildman–Crippen MR) is 98.6 cm³/mol. The van der Waals surface area contributed by atoms with E-state index in [1.807, 2.05) is 30.3 Å². The average Bonchev–Trinajstić information content (AvgIpc) is 3.09. The zero-order valence-electron chi connectivity index (χ0n) is 14.2. The standard InChI is InChI=1S/C20H22N4O/c25-20(17-10-4-8-15-9-5-11-21-19(15)17)22-18-13-16(23-24-18)12-14-6-2-1-3-7-14/h4-5,8-11,13-14H,1-3,6-7,12H2,(H2,22,23,24,25). The van der Waals surface area contributed by atoms with Crippen molar-refractivity contribution in [2.24, 2.45) is 5.92 Å². The van der Waals surface area contributed by atoms with E-state index in [9.17, 15) is 4.79 Å². The number of hydrogen-bond acceptors (Lipinski definition) is 3. The Kier molecular flexibility index (Phi) is 4.46. The number of carbonyl (C=O) groups excluding carboxylic acids is 1. The molecule has 2 aromatic heterocycles. The van der Waals surface area contributed by atoms with Gasteiger partial charge in [-0.2, -0.15) is 5.10 Å². The maximum absolute atomic E-state index is 12.6. The van der Waals surface area contributed by atoms with Gasteiger partial charge in [-0.05, 0) is 24.5 Å². The van der Waals surface area contributed by atoms with Gasteiger partial charge in [0.15, 0.2) is 5.82 Å². The summed E-state index contributed by atoms with van der Waals surface area (Å²) in [5, 5.41) is 11.2. The topological polar surface area (TPSA) is 70.7 Å². The summed E-state index contributed by atoms with van der Waals surface area (Å²) in [5.74, 6) is 1.13. The summed E-state index contributed by atoms with van der Waals surface area (Å²) in [6, 6.07) is 11.4. The Morgan fingerprint density at radius 1 is 1.16 bits per heavy atom. The Morgan fingerprint density at radius 3 is 2.88 bits per heavy atom. The van der Waals surface area contributed by atoms with E-state index in [4.69, 9.17) is 0 Å². The number of anilines is 1. The molecule has 5 nitrogen and oxygen atoms in total. The molecule has 0 atom stereocenters. The molecule has 0 aliphatic heterocycles. The van der Waals surface area contributed by atoms with Crippen LogP contribution < -0.4 is 5.32 Å². The second-order valence-electron chi connectivity index (χ2n) is 6.82. The molecule has 2 N–H and O–H groups in total. The monoisotopic (exact) mass is 334 g/mol. The van der Waals surface area contributed by atoms with Gasteiger partial charge in [0.1, 0.15) is 0 Å². The molecule has 1 aliphatic carbocycles. The van der Waals surface area contributed by atoms with Crippen LogP contribution in [-0.2, 0) is 6.42 Å². The van der Waals surface area contributed by atoms with E-state index in [2.05, 4.69) is 20.5 Å². The van der Waals surface area contributed by atoms with Crippen molar-refractivity contribution in [1.82, 2.24) is 15.2 Å². The normalized spacial score (nSPS) is 15.4. The van der Waals surface area contributed by atoms with Crippen LogP contribution in [0.15, 0.2) is 42.6 Å². The molecule has 1 saturated carbocycles. The van der Waals surface area contributed by atoms with Crippen LogP contribution in [0.1, 0.15) is 48.2 Å². The van der Waals surface area contributed by atoms with Crippen molar-refractivity contribution in [2.75, 3.05) is 5.32 Å². The van der Waals surface area contributed by atoms with Crippen LogP contribution >= 0.6 is 0 Å². The highest BCUT2D eigenvalue weighted by Crippen LogP contribution is 2.27. The molecule has 1 aliphatic rings. The minimum Gasteiger partial charge on any atom is -0.305 e. The van der Waals surface area contributed by atoms with Crippen LogP contribution in [0.4, 0.5) is 5.82 Å². The van der Waals surface area contributed by atoms with Crippen molar-refractivity contribution in [2.45, 2.75) is 38.5 Å². The molecule has 5 heteroatoms. The Morgan fingerprint density at radius 2 is 2.00 bits per heavy atom. The molecule has 0 unspecified atom stereocenters. The molecule has 0 radical (unpaired) electrons. The van der Waals surface area contributed by atoms with Crippen LogP contribution in [-0.4, -0.2) is 21.1 Å². The minimum absolute atomic E-state index is 0.181. The van der Waals surface area contributed by atoms with Crippen LogP contribution in [0.2, 0.25) is 0 Å². The number of benzene rings is 1. The van der Waals surface area contributed by atoms with Crippen molar-refractivity contribution in [3.8, 4) is 0 Å². The number of H-pyrrole nitrogens is 1. The number of aromatic amines is 1. The van der Waals surface area contributed by atoms with Gasteiger partial charge < -0.3 is 5.32 Å². The predicted octanol–water partition coefficient (Wildman–Crippen LogP) is 4.33. The van der Waals surface area contributed by atoms with Gasteiger partial charge in [0.2, 0.25) is 0 Å². The summed E-state index contributed by atoms with van der Waals surface area (Å²) in [5.41, 5.74) is 2.37. The number of rotatable bonds is 4. The van der Waals surface area contributed by atoms with E-state index >= 15 is 0 Å². The molecule has 3 aromatic rings. The van der Waals surface area contributed by atoms with E-state index in [0.717, 1.165) is 23.4 Å². The van der Waals surface area contributed by atoms with Gasteiger partial charge in [0.25, 0.3) is 5.91 Å². The molecular formula is C20H22N4O. The van der Waals surface area contributed by atoms with Crippen molar-refractivity contribution < 1.29 is 4.79 Å². The van der Waals surface area contributed by atoms with E-state index < -0.39 is 0 Å². The van der Waals surface area contributed by atoms with Crippen molar-refractivity contribution in [3.63, 3.8) is 0 Å². The third kappa shape index (κ3) is 3.55. The molecule has 128 valence electrons. The fraction of sp³-hybridized carbons (Fsp3) is 0.350. The molecular weight excluding hydrogens is 312 g/mol. The van der Waals surface area contributed by atoms with Crippen LogP contribution in [0.3, 0.4) is 0 Å². The maximum Gasteiger partial charge on any atom is 0.259 e. The van der Waals surface area contributed by atoms with Crippen molar-refractivity contribution >= 4 is 22.6 Å². The minimum atomic E-state index is -0.181. The highest BCUT2D eigenvalue weighted by atomic mass is 16.1. The van der Waals surface area contributed by atoms with E-state index in [1.54, 1.807) is 12.3 Å². The Bertz CT molecular complexity index is 875. The summed E-state index contributed by atoms with van der Waals surface area (Å²) in [4.78, 5) is 17.0. The molecule has 1 fully saturated rings. The van der Waals surface area contributed by atoms with Crippen molar-refractivity contribution in [1.29, 1.82) is 0 Å². The van der Waals surface area contributed by atoms with Crippen LogP contribution in [0.25, 0.3) is 10.9 Å². The smallest absolute Gasteiger partial charge is 0.259 e. The van der Waals surface area contributed by atoms with Gasteiger partial charge in [0, 0.05) is 23.3 Å². The molecule has 0 spiro atoms. The first-order valence-electron chi connectivity index (χ1n) is 8.99. The Hall–Kier alpha value is -2.69. The Balaban J connectivity index is 1.47. The zero-order chi connectivity index (χ0) is 17.1. The molecule has 0 bridgehead atoms. The summed E-state index contributed by atoms with van der Waals surface area (Å²) in [7, 11) is 0. The van der Waals surface area contributed by atoms with Gasteiger partial charge in [-0.25, -0.2) is 0 Å². The van der Waals surface area contributed by atoms with Gasteiger partial charge >= 0.3 is 0 Å². The second-order valence-corrected chi connectivity index (χ2v) is 6.82. The zero-order valence-corrected chi connectivity index (χ0v) is 14.2. The lowest BCUT2D eigenvalue weighted by molar-refractivity contribution is 0.102. The number of pyridine rings is 1. The summed E-state index contributed by atoms with van der Waals surface area (Å²) in [6.07, 6.45) is 9.33. The molecule has 2 heterocycles. The number of aromatic nitrogens is 3. The first-order valence-corrected chi connectivity index (χ1v) is 8.99.